The van der Waals surface area contributed by atoms with Gasteiger partial charge in [-0.2, -0.15) is 0 Å². The third-order valence-corrected chi connectivity index (χ3v) is 33.0. The van der Waals surface area contributed by atoms with E-state index < -0.39 is 104 Å². The van der Waals surface area contributed by atoms with Gasteiger partial charge < -0.3 is 83.8 Å². The van der Waals surface area contributed by atoms with Crippen LogP contribution >= 0.6 is 23.5 Å². The molecular weight excluding hydrogens is 1030 g/mol. The van der Waals surface area contributed by atoms with Crippen molar-refractivity contribution in [2.45, 2.75) is 34.7 Å². The number of hydrogen-bond acceptors (Lipinski definition) is 22. The molecule has 5 heterocycles. The van der Waals surface area contributed by atoms with Gasteiger partial charge in [0.1, 0.15) is 0 Å². The number of thioether (sulfide) groups is 2. The summed E-state index contributed by atoms with van der Waals surface area (Å²) in [7, 11) is -26.9. The minimum Gasteiger partial charge on any atom is -0.512 e. The van der Waals surface area contributed by atoms with Gasteiger partial charge in [0.05, 0.1) is 13.1 Å². The van der Waals surface area contributed by atoms with Gasteiger partial charge in [-0.05, 0) is 36.5 Å². The Bertz CT molecular complexity index is 1540. The van der Waals surface area contributed by atoms with E-state index in [4.69, 9.17) is 69.4 Å². The van der Waals surface area contributed by atoms with Crippen molar-refractivity contribution in [1.29, 1.82) is 5.26 Å². The van der Waals surface area contributed by atoms with Gasteiger partial charge >= 0.3 is 121 Å². The Morgan fingerprint density at radius 3 is 1.46 bits per heavy atom. The molecule has 20 nitrogen and oxygen atoms in total. The number of rotatable bonds is 4. The molecule has 305 valence electrons. The molecule has 2 spiro atoms. The van der Waals surface area contributed by atoms with E-state index in [9.17, 15) is 14.4 Å². The molecule has 6 bridgehead atoms. The van der Waals surface area contributed by atoms with Gasteiger partial charge in [-0.3, -0.25) is 9.98 Å². The first-order chi connectivity index (χ1) is 27.4. The molecule has 2 unspecified atom stereocenters. The molecule has 2 aromatic carbocycles. The smallest absolute Gasteiger partial charge is 0.512 e. The number of nitrogens with zero attached hydrogens (tertiary/aromatic N) is 3. The Labute approximate surface area is 367 Å². The number of hydrogen-bond donors (Lipinski definition) is 3. The zero-order valence-electron chi connectivity index (χ0n) is 28.9. The molecule has 4 fully saturated rings. The molecule has 4 saturated heterocycles. The van der Waals surface area contributed by atoms with E-state index in [0.29, 0.717) is 49.5 Å². The molecule has 34 heteroatoms. The van der Waals surface area contributed by atoms with Crippen LogP contribution in [0.3, 0.4) is 0 Å². The molecule has 5 aliphatic heterocycles. The van der Waals surface area contributed by atoms with E-state index in [1.165, 1.54) is 0 Å². The molecule has 3 N–H and O–H groups in total. The Balaban J connectivity index is 0.00000204. The molecule has 0 saturated carbocycles. The maximum Gasteiger partial charge on any atom is 1.00 e. The molecule has 11 radical (unpaired) electrons. The molecule has 0 amide bonds. The maximum atomic E-state index is 11.0. The van der Waals surface area contributed by atoms with Crippen molar-refractivity contribution >= 4 is 140 Å². The molecule has 57 heavy (non-hydrogen) atoms. The zero-order valence-corrected chi connectivity index (χ0v) is 42.5. The van der Waals surface area contributed by atoms with Crippen molar-refractivity contribution in [1.82, 2.24) is 0 Å². The summed E-state index contributed by atoms with van der Waals surface area (Å²) in [6.07, 6.45) is 5.00. The fraction of sp³-hybridized carbons (Fsp3) is 0.348. The van der Waals surface area contributed by atoms with Crippen molar-refractivity contribution in [3.63, 3.8) is 0 Å². The van der Waals surface area contributed by atoms with Gasteiger partial charge in [-0.1, -0.05) is 36.4 Å². The first-order valence-electron chi connectivity index (χ1n) is 16.2. The van der Waals surface area contributed by atoms with E-state index in [1.54, 1.807) is 23.5 Å². The second kappa shape index (κ2) is 24.7. The maximum absolute atomic E-state index is 11.0. The van der Waals surface area contributed by atoms with Gasteiger partial charge in [-0.15, -0.1) is 23.5 Å². The Morgan fingerprint density at radius 2 is 1.04 bits per heavy atom. The van der Waals surface area contributed by atoms with Crippen LogP contribution in [0, 0.1) is 11.8 Å². The molecule has 2 atom stereocenters. The number of fused-ring (bicyclic) bond motifs is 6. The third kappa shape index (κ3) is 14.4. The van der Waals surface area contributed by atoms with Crippen LogP contribution in [0.25, 0.3) is 0 Å². The second-order valence-electron chi connectivity index (χ2n) is 10.8. The first-order valence-corrected chi connectivity index (χ1v) is 32.3. The minimum atomic E-state index is -3.49. The molecule has 2 aromatic rings. The summed E-state index contributed by atoms with van der Waals surface area (Å²) < 4.78 is 82.0. The number of aliphatic imine (C=N–C) groups is 2. The fourth-order valence-corrected chi connectivity index (χ4v) is 34.6. The van der Waals surface area contributed by atoms with Crippen LogP contribution in [0.5, 0.6) is 0 Å². The first kappa shape index (κ1) is 48.2. The normalized spacial score (nSPS) is 27.2. The van der Waals surface area contributed by atoms with Crippen molar-refractivity contribution in [3.05, 3.63) is 66.2 Å². The van der Waals surface area contributed by atoms with Crippen LogP contribution in [-0.2, 0) is 74.7 Å². The van der Waals surface area contributed by atoms with Gasteiger partial charge in [0.2, 0.25) is 0 Å². The average Bonchev–Trinajstić information content (AvgIpc) is 3.17. The second-order valence-corrected chi connectivity index (χ2v) is 32.1. The van der Waals surface area contributed by atoms with E-state index >= 15 is 0 Å². The summed E-state index contributed by atoms with van der Waals surface area (Å²) in [5.41, 5.74) is 2.00. The van der Waals surface area contributed by atoms with Crippen molar-refractivity contribution in [2.75, 3.05) is 24.6 Å². The average molecular weight is 1060 g/mol. The SMILES string of the molecule is O[Si]O[Si]1O[Si]2O[Si]3O[Si](O)O[Si]4O[Si]5O[Si](O[Si]O)O[Si](CCCSc6ccccc6C=NCCN=Cc6ccccc6SCCC[Si](O1)(O3)O2)(O4)O5.[C-]#N.[Cu+]. The van der Waals surface area contributed by atoms with Crippen molar-refractivity contribution in [3.8, 4) is 0 Å². The molecular formula is C23H29CuN3O17S2Si11. The van der Waals surface area contributed by atoms with Crippen LogP contribution in [-0.4, -0.2) is 156 Å². The summed E-state index contributed by atoms with van der Waals surface area (Å²) in [6.45, 7) is 5.81. The van der Waals surface area contributed by atoms with Crippen molar-refractivity contribution in [2.24, 2.45) is 9.98 Å². The fourth-order valence-electron chi connectivity index (χ4n) is 4.90. The van der Waals surface area contributed by atoms with Gasteiger partial charge in [-0.25, -0.2) is 0 Å². The van der Waals surface area contributed by atoms with E-state index in [0.717, 1.165) is 20.9 Å². The number of benzene rings is 2. The standard InChI is InChI=1S/C22H29N2O17S2Si11.CN.Cu/c25-44-28-47-32-51-34-49-30-46(27)31-50-35-52-33-48(29-45-26)37-54(39-50,41-52)16-6-14-43-22-10-4-2-8-20(22)18-24-12-11-23-17-19-7-1-3-9-21(19)42-13-5-15-53(36-47,38-49)40-51;1-2;/h1-4,7-10,17-18,25-27H,5-6,11-16H2;;/q;-1;+1. The van der Waals surface area contributed by atoms with Crippen molar-refractivity contribution < 1.29 is 89.1 Å². The monoisotopic (exact) mass is 1050 g/mol. The molecule has 5 aliphatic rings. The van der Waals surface area contributed by atoms with Crippen LogP contribution in [0.2, 0.25) is 12.1 Å². The summed E-state index contributed by atoms with van der Waals surface area (Å²) in [6, 6.07) is 16.8. The van der Waals surface area contributed by atoms with Crippen LogP contribution in [0.4, 0.5) is 0 Å². The quantitative estimate of drug-likeness (QED) is 0.256. The topological polar surface area (TPSA) is 238 Å². The van der Waals surface area contributed by atoms with Gasteiger partial charge in [0, 0.05) is 45.4 Å². The predicted octanol–water partition coefficient (Wildman–Crippen LogP) is -0.599. The van der Waals surface area contributed by atoms with E-state index in [2.05, 4.69) is 9.98 Å². The summed E-state index contributed by atoms with van der Waals surface area (Å²) >= 11 is 3.33. The van der Waals surface area contributed by atoms with Crippen LogP contribution in [0.15, 0.2) is 68.3 Å². The Morgan fingerprint density at radius 1 is 0.632 bits per heavy atom. The Hall–Kier alpha value is 0.195. The van der Waals surface area contributed by atoms with Gasteiger partial charge in [0.15, 0.2) is 0 Å². The summed E-state index contributed by atoms with van der Waals surface area (Å²) in [5.74, 6) is 1.39. The molecule has 7 rings (SSSR count). The molecule has 0 aliphatic carbocycles. The van der Waals surface area contributed by atoms with Gasteiger partial charge in [0.25, 0.3) is 0 Å². The third-order valence-electron chi connectivity index (χ3n) is 7.13. The van der Waals surface area contributed by atoms with E-state index in [1.807, 2.05) is 61.0 Å². The largest absolute Gasteiger partial charge is 1.00 e. The minimum absolute atomic E-state index is 0. The van der Waals surface area contributed by atoms with Crippen LogP contribution < -0.4 is 0 Å². The predicted molar refractivity (Wildman–Crippen MR) is 208 cm³/mol. The summed E-state index contributed by atoms with van der Waals surface area (Å²) in [5, 5.41) is 6.25. The Kier molecular flexibility index (Phi) is 20.9. The van der Waals surface area contributed by atoms with E-state index in [-0.39, 0.29) is 17.1 Å². The zero-order chi connectivity index (χ0) is 39.2. The van der Waals surface area contributed by atoms with Crippen LogP contribution in [0.1, 0.15) is 24.0 Å². The summed E-state index contributed by atoms with van der Waals surface area (Å²) in [4.78, 5) is 41.2. The molecule has 0 aromatic heterocycles.